The third-order valence-electron chi connectivity index (χ3n) is 8.55. The minimum atomic E-state index is -2.20. The van der Waals surface area contributed by atoms with Gasteiger partial charge >= 0.3 is 11.9 Å². The maximum Gasteiger partial charge on any atom is 0.335 e. The Morgan fingerprint density at radius 2 is 0.826 bits per heavy atom. The van der Waals surface area contributed by atoms with Crippen LogP contribution in [0.1, 0.15) is 43.7 Å². The molecule has 236 valence electrons. The van der Waals surface area contributed by atoms with Crippen LogP contribution in [0.4, 0.5) is 0 Å². The van der Waals surface area contributed by atoms with Gasteiger partial charge in [-0.15, -0.1) is 0 Å². The van der Waals surface area contributed by atoms with Gasteiger partial charge in [-0.05, 0) is 59.7 Å². The molecule has 1 aliphatic carbocycles. The van der Waals surface area contributed by atoms with E-state index in [0.717, 1.165) is 14.2 Å². The van der Waals surface area contributed by atoms with Crippen molar-refractivity contribution in [1.29, 1.82) is 0 Å². The SMILES string of the molecule is COC(=O)C1(NC(=O)c2ccccc2)C(c2ccc(OC)cc2)C(c2ccc(OC)cc2)C1(NC(=O)c1ccccc1)C(=O)OC. The molecule has 46 heavy (non-hydrogen) atoms. The zero-order valence-electron chi connectivity index (χ0n) is 25.8. The smallest absolute Gasteiger partial charge is 0.335 e. The van der Waals surface area contributed by atoms with Gasteiger partial charge in [-0.3, -0.25) is 9.59 Å². The summed E-state index contributed by atoms with van der Waals surface area (Å²) >= 11 is 0. The van der Waals surface area contributed by atoms with Crippen LogP contribution in [0.3, 0.4) is 0 Å². The van der Waals surface area contributed by atoms with Crippen molar-refractivity contribution in [2.24, 2.45) is 0 Å². The number of carbonyl (C=O) groups excluding carboxylic acids is 4. The summed E-state index contributed by atoms with van der Waals surface area (Å²) < 4.78 is 21.5. The van der Waals surface area contributed by atoms with Gasteiger partial charge in [0.15, 0.2) is 11.1 Å². The van der Waals surface area contributed by atoms with E-state index in [1.807, 2.05) is 0 Å². The molecular formula is C36H34N2O8. The predicted molar refractivity (Wildman–Crippen MR) is 169 cm³/mol. The molecule has 0 aliphatic heterocycles. The van der Waals surface area contributed by atoms with Gasteiger partial charge in [0.1, 0.15) is 11.5 Å². The van der Waals surface area contributed by atoms with Crippen molar-refractivity contribution >= 4 is 23.8 Å². The van der Waals surface area contributed by atoms with E-state index >= 15 is 0 Å². The third-order valence-corrected chi connectivity index (χ3v) is 8.55. The van der Waals surface area contributed by atoms with Crippen molar-refractivity contribution in [3.8, 4) is 11.5 Å². The molecule has 1 aliphatic rings. The van der Waals surface area contributed by atoms with E-state index < -0.39 is 46.7 Å². The van der Waals surface area contributed by atoms with Crippen molar-refractivity contribution in [1.82, 2.24) is 10.6 Å². The van der Waals surface area contributed by atoms with E-state index in [-0.39, 0.29) is 11.1 Å². The highest BCUT2D eigenvalue weighted by atomic mass is 16.5. The first kappa shape index (κ1) is 31.8. The van der Waals surface area contributed by atoms with E-state index in [1.165, 1.54) is 14.2 Å². The second kappa shape index (κ2) is 13.2. The summed E-state index contributed by atoms with van der Waals surface area (Å²) in [5.74, 6) is -4.05. The Hall–Kier alpha value is -5.64. The molecule has 10 nitrogen and oxygen atoms in total. The number of ether oxygens (including phenoxy) is 4. The lowest BCUT2D eigenvalue weighted by Gasteiger charge is -2.65. The molecule has 10 heteroatoms. The number of esters is 2. The minimum Gasteiger partial charge on any atom is -0.497 e. The Morgan fingerprint density at radius 3 is 1.11 bits per heavy atom. The zero-order valence-corrected chi connectivity index (χ0v) is 25.8. The third kappa shape index (κ3) is 5.21. The van der Waals surface area contributed by atoms with Crippen LogP contribution in [0, 0.1) is 0 Å². The van der Waals surface area contributed by atoms with Crippen molar-refractivity contribution < 1.29 is 38.1 Å². The van der Waals surface area contributed by atoms with Gasteiger partial charge in [0.05, 0.1) is 28.4 Å². The molecule has 5 rings (SSSR count). The lowest BCUT2D eigenvalue weighted by atomic mass is 9.42. The van der Waals surface area contributed by atoms with Crippen LogP contribution < -0.4 is 20.1 Å². The topological polar surface area (TPSA) is 129 Å². The molecule has 0 radical (unpaired) electrons. The van der Waals surface area contributed by atoms with Gasteiger partial charge < -0.3 is 29.6 Å². The maximum absolute atomic E-state index is 14.4. The van der Waals surface area contributed by atoms with Gasteiger partial charge in [0, 0.05) is 23.0 Å². The molecule has 0 bridgehead atoms. The fourth-order valence-electron chi connectivity index (χ4n) is 6.44. The van der Waals surface area contributed by atoms with Crippen molar-refractivity contribution in [2.75, 3.05) is 28.4 Å². The number of rotatable bonds is 10. The van der Waals surface area contributed by atoms with Crippen LogP contribution in [-0.2, 0) is 19.1 Å². The standard InChI is InChI=1S/C36H34N2O8/c1-43-27-19-15-23(16-20-27)29-30(24-17-21-28(44-2)22-18-24)36(34(42)46-4,38-32(40)26-13-9-6-10-14-26)35(29,33(41)45-3)37-31(39)25-11-7-5-8-12-25/h5-22,29-30H,1-4H3,(H,37,39)(H,38,40). The summed E-state index contributed by atoms with van der Waals surface area (Å²) in [5.41, 5.74) is -2.83. The second-order valence-electron chi connectivity index (χ2n) is 10.7. The molecule has 4 unspecified atom stereocenters. The average molecular weight is 623 g/mol. The number of benzene rings is 4. The average Bonchev–Trinajstić information content (AvgIpc) is 3.11. The fraction of sp³-hybridized carbons (Fsp3) is 0.222. The van der Waals surface area contributed by atoms with Crippen molar-refractivity contribution in [2.45, 2.75) is 22.9 Å². The van der Waals surface area contributed by atoms with Crippen LogP contribution in [0.5, 0.6) is 11.5 Å². The van der Waals surface area contributed by atoms with Crippen LogP contribution in [0.2, 0.25) is 0 Å². The molecule has 2 amide bonds. The minimum absolute atomic E-state index is 0.223. The molecular weight excluding hydrogens is 588 g/mol. The van der Waals surface area contributed by atoms with Gasteiger partial charge in [-0.25, -0.2) is 9.59 Å². The molecule has 0 heterocycles. The number of carbonyl (C=O) groups is 4. The molecule has 4 aromatic carbocycles. The number of hydrogen-bond acceptors (Lipinski definition) is 8. The predicted octanol–water partition coefficient (Wildman–Crippen LogP) is 4.27. The van der Waals surface area contributed by atoms with Crippen molar-refractivity contribution in [3.63, 3.8) is 0 Å². The molecule has 1 saturated carbocycles. The normalized spacial score (nSPS) is 21.6. The lowest BCUT2D eigenvalue weighted by Crippen LogP contribution is -2.90. The van der Waals surface area contributed by atoms with Crippen LogP contribution in [-0.4, -0.2) is 63.3 Å². The fourth-order valence-corrected chi connectivity index (χ4v) is 6.44. The van der Waals surface area contributed by atoms with Gasteiger partial charge in [-0.1, -0.05) is 60.7 Å². The second-order valence-corrected chi connectivity index (χ2v) is 10.7. The highest BCUT2D eigenvalue weighted by molar-refractivity contribution is 6.09. The van der Waals surface area contributed by atoms with E-state index in [0.29, 0.717) is 22.6 Å². The lowest BCUT2D eigenvalue weighted by molar-refractivity contribution is -0.181. The largest absolute Gasteiger partial charge is 0.497 e. The molecule has 4 atom stereocenters. The van der Waals surface area contributed by atoms with Gasteiger partial charge in [-0.2, -0.15) is 0 Å². The monoisotopic (exact) mass is 622 g/mol. The number of nitrogens with one attached hydrogen (secondary N) is 2. The molecule has 2 N–H and O–H groups in total. The zero-order chi connectivity index (χ0) is 32.9. The molecule has 4 aromatic rings. The van der Waals surface area contributed by atoms with E-state index in [1.54, 1.807) is 109 Å². The van der Waals surface area contributed by atoms with Crippen LogP contribution in [0.25, 0.3) is 0 Å². The van der Waals surface area contributed by atoms with E-state index in [4.69, 9.17) is 18.9 Å². The molecule has 0 saturated heterocycles. The maximum atomic E-state index is 14.4. The Kier molecular flexibility index (Phi) is 9.08. The Balaban J connectivity index is 1.83. The van der Waals surface area contributed by atoms with Crippen molar-refractivity contribution in [3.05, 3.63) is 131 Å². The van der Waals surface area contributed by atoms with E-state index in [2.05, 4.69) is 10.6 Å². The van der Waals surface area contributed by atoms with Gasteiger partial charge in [0.2, 0.25) is 0 Å². The quantitative estimate of drug-likeness (QED) is 0.251. The first-order chi connectivity index (χ1) is 22.3. The summed E-state index contributed by atoms with van der Waals surface area (Å²) in [5, 5.41) is 5.75. The first-order valence-corrected chi connectivity index (χ1v) is 14.5. The number of methoxy groups -OCH3 is 4. The molecule has 0 spiro atoms. The van der Waals surface area contributed by atoms with Crippen LogP contribution >= 0.6 is 0 Å². The summed E-state index contributed by atoms with van der Waals surface area (Å²) in [6.45, 7) is 0. The Morgan fingerprint density at radius 1 is 0.500 bits per heavy atom. The Bertz CT molecular complexity index is 1580. The summed E-state index contributed by atoms with van der Waals surface area (Å²) in [6.07, 6.45) is 0. The number of hydrogen-bond donors (Lipinski definition) is 2. The highest BCUT2D eigenvalue weighted by Gasteiger charge is 2.82. The molecule has 1 fully saturated rings. The summed E-state index contributed by atoms with van der Waals surface area (Å²) in [4.78, 5) is 56.8. The highest BCUT2D eigenvalue weighted by Crippen LogP contribution is 2.64. The number of amides is 2. The summed E-state index contributed by atoms with van der Waals surface area (Å²) in [7, 11) is 5.37. The van der Waals surface area contributed by atoms with Gasteiger partial charge in [0.25, 0.3) is 11.8 Å². The van der Waals surface area contributed by atoms with E-state index in [9.17, 15) is 19.2 Å². The first-order valence-electron chi connectivity index (χ1n) is 14.5. The Labute approximate surface area is 266 Å². The summed E-state index contributed by atoms with van der Waals surface area (Å²) in [6, 6.07) is 30.3. The molecule has 0 aromatic heterocycles. The van der Waals surface area contributed by atoms with Crippen LogP contribution in [0.15, 0.2) is 109 Å².